The van der Waals surface area contributed by atoms with Gasteiger partial charge in [0.25, 0.3) is 0 Å². The van der Waals surface area contributed by atoms with Crippen LogP contribution in [-0.2, 0) is 6.42 Å². The lowest BCUT2D eigenvalue weighted by atomic mass is 10.0. The summed E-state index contributed by atoms with van der Waals surface area (Å²) in [4.78, 5) is 11.4. The largest absolute Gasteiger partial charge is 0.457 e. The van der Waals surface area contributed by atoms with E-state index in [9.17, 15) is 0 Å². The van der Waals surface area contributed by atoms with Crippen molar-refractivity contribution in [1.82, 2.24) is 9.97 Å². The number of aromatic nitrogens is 2. The van der Waals surface area contributed by atoms with Crippen LogP contribution in [0.1, 0.15) is 30.8 Å². The number of aryl methyl sites for hydroxylation is 1. The molecule has 2 aromatic carbocycles. The van der Waals surface area contributed by atoms with E-state index >= 15 is 0 Å². The Labute approximate surface area is 170 Å². The van der Waals surface area contributed by atoms with E-state index in [-0.39, 0.29) is 6.04 Å². The van der Waals surface area contributed by atoms with Gasteiger partial charge >= 0.3 is 0 Å². The molecule has 5 nitrogen and oxygen atoms in total. The van der Waals surface area contributed by atoms with Gasteiger partial charge in [0.1, 0.15) is 23.1 Å². The van der Waals surface area contributed by atoms with E-state index in [4.69, 9.17) is 21.3 Å². The van der Waals surface area contributed by atoms with Crippen molar-refractivity contribution in [2.75, 3.05) is 23.8 Å². The average Bonchev–Trinajstić information content (AvgIpc) is 2.72. The number of hydrogen-bond donors (Lipinski definition) is 1. The van der Waals surface area contributed by atoms with Crippen LogP contribution in [0.4, 0.5) is 11.5 Å². The molecule has 1 aliphatic rings. The van der Waals surface area contributed by atoms with Gasteiger partial charge in [0.15, 0.2) is 0 Å². The average molecular weight is 395 g/mol. The summed E-state index contributed by atoms with van der Waals surface area (Å²) in [5, 5.41) is 4.31. The van der Waals surface area contributed by atoms with Crippen LogP contribution < -0.4 is 15.0 Å². The van der Waals surface area contributed by atoms with E-state index in [2.05, 4.69) is 29.2 Å². The highest BCUT2D eigenvalue weighted by Gasteiger charge is 2.25. The minimum Gasteiger partial charge on any atom is -0.457 e. The first-order valence-electron chi connectivity index (χ1n) is 9.49. The Morgan fingerprint density at radius 2 is 2.00 bits per heavy atom. The van der Waals surface area contributed by atoms with Gasteiger partial charge in [0.2, 0.25) is 0 Å². The van der Waals surface area contributed by atoms with Gasteiger partial charge in [-0.3, -0.25) is 0 Å². The smallest absolute Gasteiger partial charge is 0.137 e. The van der Waals surface area contributed by atoms with E-state index in [1.165, 1.54) is 0 Å². The van der Waals surface area contributed by atoms with Crippen LogP contribution in [0, 0.1) is 0 Å². The third-order valence-electron chi connectivity index (χ3n) is 4.88. The Morgan fingerprint density at radius 3 is 2.79 bits per heavy atom. The summed E-state index contributed by atoms with van der Waals surface area (Å²) in [6.07, 6.45) is 3.78. The normalized spacial score (nSPS) is 15.8. The van der Waals surface area contributed by atoms with E-state index < -0.39 is 0 Å². The molecule has 1 aromatic heterocycles. The second-order valence-corrected chi connectivity index (χ2v) is 7.35. The van der Waals surface area contributed by atoms with Crippen LogP contribution in [-0.4, -0.2) is 23.6 Å². The first kappa shape index (κ1) is 18.6. The Balaban J connectivity index is 1.53. The SMILES string of the molecule is CCc1ncc2c(n1)N(C)CCC2Nc1cccc(Oc2ccc(Cl)cc2)c1. The molecule has 3 aromatic rings. The van der Waals surface area contributed by atoms with Crippen molar-refractivity contribution in [3.05, 3.63) is 71.1 Å². The van der Waals surface area contributed by atoms with Crippen LogP contribution >= 0.6 is 11.6 Å². The van der Waals surface area contributed by atoms with Crippen LogP contribution in [0.5, 0.6) is 11.5 Å². The summed E-state index contributed by atoms with van der Waals surface area (Å²) in [5.74, 6) is 3.43. The fourth-order valence-corrected chi connectivity index (χ4v) is 3.49. The summed E-state index contributed by atoms with van der Waals surface area (Å²) >= 11 is 5.94. The second kappa shape index (κ2) is 8.07. The number of rotatable bonds is 5. The van der Waals surface area contributed by atoms with Crippen LogP contribution in [0.25, 0.3) is 0 Å². The molecule has 0 aliphatic carbocycles. The predicted molar refractivity (Wildman–Crippen MR) is 114 cm³/mol. The molecule has 0 radical (unpaired) electrons. The first-order chi connectivity index (χ1) is 13.6. The van der Waals surface area contributed by atoms with Crippen LogP contribution in [0.2, 0.25) is 5.02 Å². The molecule has 0 amide bonds. The minimum absolute atomic E-state index is 0.169. The minimum atomic E-state index is 0.169. The number of anilines is 2. The summed E-state index contributed by atoms with van der Waals surface area (Å²) < 4.78 is 5.95. The summed E-state index contributed by atoms with van der Waals surface area (Å²) in [6.45, 7) is 3.03. The van der Waals surface area contributed by atoms with Gasteiger partial charge in [-0.2, -0.15) is 0 Å². The summed E-state index contributed by atoms with van der Waals surface area (Å²) in [5.41, 5.74) is 2.14. The Morgan fingerprint density at radius 1 is 1.18 bits per heavy atom. The zero-order chi connectivity index (χ0) is 19.5. The topological polar surface area (TPSA) is 50.3 Å². The Kier molecular flexibility index (Phi) is 5.35. The maximum Gasteiger partial charge on any atom is 0.137 e. The van der Waals surface area contributed by atoms with E-state index in [0.717, 1.165) is 53.8 Å². The number of nitrogens with one attached hydrogen (secondary N) is 1. The molecule has 1 atom stereocenters. The maximum atomic E-state index is 5.95. The number of halogens is 1. The highest BCUT2D eigenvalue weighted by Crippen LogP contribution is 2.34. The lowest BCUT2D eigenvalue weighted by molar-refractivity contribution is 0.483. The lowest BCUT2D eigenvalue weighted by Crippen LogP contribution is -2.31. The second-order valence-electron chi connectivity index (χ2n) is 6.91. The molecule has 0 saturated heterocycles. The molecule has 144 valence electrons. The molecule has 1 N–H and O–H groups in total. The van der Waals surface area contributed by atoms with Crippen molar-refractivity contribution < 1.29 is 4.74 Å². The number of fused-ring (bicyclic) bond motifs is 1. The molecule has 2 heterocycles. The maximum absolute atomic E-state index is 5.95. The van der Waals surface area contributed by atoms with Crippen LogP contribution in [0.3, 0.4) is 0 Å². The van der Waals surface area contributed by atoms with Gasteiger partial charge in [0, 0.05) is 48.5 Å². The molecule has 4 rings (SSSR count). The first-order valence-corrected chi connectivity index (χ1v) is 9.87. The molecule has 28 heavy (non-hydrogen) atoms. The standard InChI is InChI=1S/C22H23ClN4O/c1-3-21-24-14-19-20(11-12-27(2)22(19)26-21)25-16-5-4-6-18(13-16)28-17-9-7-15(23)8-10-17/h4-10,13-14,20,25H,3,11-12H2,1-2H3. The molecule has 1 aliphatic heterocycles. The quantitative estimate of drug-likeness (QED) is 0.621. The molecular formula is C22H23ClN4O. The van der Waals surface area contributed by atoms with Gasteiger partial charge in [-0.25, -0.2) is 9.97 Å². The van der Waals surface area contributed by atoms with E-state index in [1.807, 2.05) is 54.7 Å². The van der Waals surface area contributed by atoms with Gasteiger partial charge < -0.3 is 15.0 Å². The Bertz CT molecular complexity index is 961. The van der Waals surface area contributed by atoms with Crippen molar-refractivity contribution >= 4 is 23.1 Å². The van der Waals surface area contributed by atoms with Gasteiger partial charge in [-0.05, 0) is 42.8 Å². The van der Waals surface area contributed by atoms with Crippen molar-refractivity contribution in [2.45, 2.75) is 25.8 Å². The zero-order valence-electron chi connectivity index (χ0n) is 16.0. The number of ether oxygens (including phenoxy) is 1. The highest BCUT2D eigenvalue weighted by molar-refractivity contribution is 6.30. The van der Waals surface area contributed by atoms with Crippen LogP contribution in [0.15, 0.2) is 54.7 Å². The molecule has 0 bridgehead atoms. The fraction of sp³-hybridized carbons (Fsp3) is 0.273. The molecule has 0 fully saturated rings. The predicted octanol–water partition coefficient (Wildman–Crippen LogP) is 5.48. The third kappa shape index (κ3) is 4.04. The number of hydrogen-bond acceptors (Lipinski definition) is 5. The molecular weight excluding hydrogens is 372 g/mol. The van der Waals surface area contributed by atoms with Crippen molar-refractivity contribution in [3.63, 3.8) is 0 Å². The summed E-state index contributed by atoms with van der Waals surface area (Å²) in [7, 11) is 2.09. The zero-order valence-corrected chi connectivity index (χ0v) is 16.8. The molecule has 1 unspecified atom stereocenters. The third-order valence-corrected chi connectivity index (χ3v) is 5.13. The van der Waals surface area contributed by atoms with E-state index in [1.54, 1.807) is 0 Å². The van der Waals surface area contributed by atoms with Gasteiger partial charge in [-0.15, -0.1) is 0 Å². The summed E-state index contributed by atoms with van der Waals surface area (Å²) in [6, 6.07) is 15.5. The molecule has 0 spiro atoms. The van der Waals surface area contributed by atoms with E-state index in [0.29, 0.717) is 5.02 Å². The lowest BCUT2D eigenvalue weighted by Gasteiger charge is -2.33. The highest BCUT2D eigenvalue weighted by atomic mass is 35.5. The Hall–Kier alpha value is -2.79. The van der Waals surface area contributed by atoms with Gasteiger partial charge in [0.05, 0.1) is 6.04 Å². The monoisotopic (exact) mass is 394 g/mol. The molecule has 0 saturated carbocycles. The van der Waals surface area contributed by atoms with Crippen molar-refractivity contribution in [2.24, 2.45) is 0 Å². The fourth-order valence-electron chi connectivity index (χ4n) is 3.36. The van der Waals surface area contributed by atoms with Gasteiger partial charge in [-0.1, -0.05) is 24.6 Å². The van der Waals surface area contributed by atoms with Crippen molar-refractivity contribution in [3.8, 4) is 11.5 Å². The number of nitrogens with zero attached hydrogens (tertiary/aromatic N) is 3. The molecule has 6 heteroatoms. The van der Waals surface area contributed by atoms with Crippen molar-refractivity contribution in [1.29, 1.82) is 0 Å². The number of benzene rings is 2.